The van der Waals surface area contributed by atoms with E-state index in [2.05, 4.69) is 17.3 Å². The van der Waals surface area contributed by atoms with E-state index >= 15 is 0 Å². The van der Waals surface area contributed by atoms with Gasteiger partial charge in [0.1, 0.15) is 0 Å². The van der Waals surface area contributed by atoms with Crippen LogP contribution in [0, 0.1) is 0 Å². The minimum Gasteiger partial charge on any atom is -0.481 e. The van der Waals surface area contributed by atoms with E-state index in [1.807, 2.05) is 0 Å². The predicted octanol–water partition coefficient (Wildman–Crippen LogP) is 0.587. The van der Waals surface area contributed by atoms with Gasteiger partial charge in [-0.1, -0.05) is 0 Å². The number of likely N-dealkylation sites (N-methyl/N-ethyl adjacent to an activating group) is 1. The van der Waals surface area contributed by atoms with Crippen LogP contribution in [0.3, 0.4) is 0 Å². The lowest BCUT2D eigenvalue weighted by Crippen LogP contribution is -2.43. The number of nitrogens with one attached hydrogen (secondary N) is 1. The molecule has 104 valence electrons. The van der Waals surface area contributed by atoms with Crippen molar-refractivity contribution < 1.29 is 14.7 Å². The van der Waals surface area contributed by atoms with Crippen molar-refractivity contribution in [2.24, 2.45) is 0 Å². The molecule has 6 nitrogen and oxygen atoms in total. The summed E-state index contributed by atoms with van der Waals surface area (Å²) in [5.74, 6) is -0.823. The molecule has 0 radical (unpaired) electrons. The summed E-state index contributed by atoms with van der Waals surface area (Å²) in [7, 11) is 3.76. The van der Waals surface area contributed by atoms with Crippen LogP contribution in [0.4, 0.5) is 4.79 Å². The average Bonchev–Trinajstić information content (AvgIpc) is 2.71. The van der Waals surface area contributed by atoms with E-state index in [0.717, 1.165) is 13.0 Å². The van der Waals surface area contributed by atoms with E-state index in [1.165, 1.54) is 11.3 Å². The molecule has 1 aliphatic rings. The van der Waals surface area contributed by atoms with Crippen LogP contribution in [0.25, 0.3) is 0 Å². The van der Waals surface area contributed by atoms with Crippen LogP contribution in [0.5, 0.6) is 0 Å². The van der Waals surface area contributed by atoms with Gasteiger partial charge < -0.3 is 20.2 Å². The van der Waals surface area contributed by atoms with Gasteiger partial charge in [-0.25, -0.2) is 4.79 Å². The Kier molecular flexibility index (Phi) is 5.91. The highest BCUT2D eigenvalue weighted by Crippen LogP contribution is 2.13. The van der Waals surface area contributed by atoms with Crippen molar-refractivity contribution in [1.82, 2.24) is 15.1 Å². The second-order valence-electron chi connectivity index (χ2n) is 4.88. The molecular formula is C12H23N3O3. The molecule has 1 saturated heterocycles. The van der Waals surface area contributed by atoms with Crippen LogP contribution < -0.4 is 5.32 Å². The van der Waals surface area contributed by atoms with Crippen molar-refractivity contribution in [2.75, 3.05) is 33.7 Å². The number of nitrogens with zero attached hydrogens (tertiary/aromatic N) is 2. The Hall–Kier alpha value is -1.30. The predicted molar refractivity (Wildman–Crippen MR) is 68.6 cm³/mol. The van der Waals surface area contributed by atoms with Crippen molar-refractivity contribution >= 4 is 12.0 Å². The molecule has 1 atom stereocenters. The van der Waals surface area contributed by atoms with Crippen LogP contribution >= 0.6 is 0 Å². The molecule has 6 heteroatoms. The fraction of sp³-hybridized carbons (Fsp3) is 0.833. The maximum absolute atomic E-state index is 11.7. The molecule has 0 bridgehead atoms. The first-order chi connectivity index (χ1) is 8.50. The number of urea groups is 1. The highest BCUT2D eigenvalue weighted by molar-refractivity contribution is 5.74. The number of aliphatic carboxylic acids is 1. The smallest absolute Gasteiger partial charge is 0.317 e. The lowest BCUT2D eigenvalue weighted by atomic mass is 10.2. The number of carbonyl (C=O) groups is 2. The monoisotopic (exact) mass is 257 g/mol. The summed E-state index contributed by atoms with van der Waals surface area (Å²) >= 11 is 0. The van der Waals surface area contributed by atoms with Gasteiger partial charge in [0.15, 0.2) is 0 Å². The Bertz CT molecular complexity index is 296. The number of hydrogen-bond donors (Lipinski definition) is 2. The van der Waals surface area contributed by atoms with Gasteiger partial charge in [0, 0.05) is 32.6 Å². The number of rotatable bonds is 6. The number of carbonyl (C=O) groups excluding carboxylic acids is 1. The summed E-state index contributed by atoms with van der Waals surface area (Å²) < 4.78 is 0. The fourth-order valence-electron chi connectivity index (χ4n) is 2.15. The Morgan fingerprint density at radius 3 is 2.78 bits per heavy atom. The van der Waals surface area contributed by atoms with Crippen molar-refractivity contribution in [1.29, 1.82) is 0 Å². The number of carboxylic acid groups (broad SMARTS) is 1. The molecule has 18 heavy (non-hydrogen) atoms. The third kappa shape index (κ3) is 4.91. The third-order valence-electron chi connectivity index (χ3n) is 3.39. The van der Waals surface area contributed by atoms with E-state index in [4.69, 9.17) is 5.11 Å². The first-order valence-electron chi connectivity index (χ1n) is 6.41. The van der Waals surface area contributed by atoms with Gasteiger partial charge in [0.25, 0.3) is 0 Å². The molecule has 0 aromatic carbocycles. The minimum atomic E-state index is -0.823. The summed E-state index contributed by atoms with van der Waals surface area (Å²) in [5.41, 5.74) is 0. The Labute approximate surface area is 108 Å². The summed E-state index contributed by atoms with van der Waals surface area (Å²) in [6, 6.07) is 0.307. The quantitative estimate of drug-likeness (QED) is 0.730. The largest absolute Gasteiger partial charge is 0.481 e. The molecule has 0 saturated carbocycles. The van der Waals surface area contributed by atoms with Crippen molar-refractivity contribution in [3.8, 4) is 0 Å². The first kappa shape index (κ1) is 14.8. The number of carboxylic acids is 1. The van der Waals surface area contributed by atoms with Gasteiger partial charge in [-0.3, -0.25) is 4.79 Å². The molecule has 0 aromatic heterocycles. The van der Waals surface area contributed by atoms with E-state index in [1.54, 1.807) is 7.05 Å². The van der Waals surface area contributed by atoms with Crippen molar-refractivity contribution in [2.45, 2.75) is 31.7 Å². The third-order valence-corrected chi connectivity index (χ3v) is 3.39. The molecule has 0 spiro atoms. The molecule has 0 aromatic rings. The highest BCUT2D eigenvalue weighted by atomic mass is 16.4. The zero-order chi connectivity index (χ0) is 13.5. The van der Waals surface area contributed by atoms with Gasteiger partial charge in [0.05, 0.1) is 0 Å². The van der Waals surface area contributed by atoms with Gasteiger partial charge in [-0.05, 0) is 32.9 Å². The number of likely N-dealkylation sites (tertiary alicyclic amines) is 1. The molecule has 2 N–H and O–H groups in total. The Morgan fingerprint density at radius 2 is 2.22 bits per heavy atom. The maximum Gasteiger partial charge on any atom is 0.317 e. The summed E-state index contributed by atoms with van der Waals surface area (Å²) in [4.78, 5) is 25.9. The van der Waals surface area contributed by atoms with Gasteiger partial charge in [-0.15, -0.1) is 0 Å². The highest BCUT2D eigenvalue weighted by Gasteiger charge is 2.21. The Morgan fingerprint density at radius 1 is 1.50 bits per heavy atom. The minimum absolute atomic E-state index is 0.100. The standard InChI is InChI=1S/C12H23N3O3/c1-14-7-3-5-10(14)9-13-12(18)15(2)8-4-6-11(16)17/h10H,3-9H2,1-2H3,(H,13,18)(H,16,17). The lowest BCUT2D eigenvalue weighted by molar-refractivity contribution is -0.137. The first-order valence-corrected chi connectivity index (χ1v) is 6.41. The van der Waals surface area contributed by atoms with Crippen LogP contribution in [-0.4, -0.2) is 66.7 Å². The summed E-state index contributed by atoms with van der Waals surface area (Å²) in [6.45, 7) is 2.23. The van der Waals surface area contributed by atoms with Gasteiger partial charge in [0.2, 0.25) is 0 Å². The normalized spacial score (nSPS) is 19.8. The van der Waals surface area contributed by atoms with E-state index in [0.29, 0.717) is 25.6 Å². The van der Waals surface area contributed by atoms with Crippen molar-refractivity contribution in [3.63, 3.8) is 0 Å². The van der Waals surface area contributed by atoms with E-state index in [9.17, 15) is 9.59 Å². The molecule has 0 aliphatic carbocycles. The molecule has 1 aliphatic heterocycles. The molecule has 1 unspecified atom stereocenters. The maximum atomic E-state index is 11.7. The van der Waals surface area contributed by atoms with Crippen molar-refractivity contribution in [3.05, 3.63) is 0 Å². The van der Waals surface area contributed by atoms with Crippen LogP contribution in [0.15, 0.2) is 0 Å². The molecule has 1 rings (SSSR count). The Balaban J connectivity index is 2.17. The second-order valence-corrected chi connectivity index (χ2v) is 4.88. The molecule has 1 heterocycles. The van der Waals surface area contributed by atoms with Crippen LogP contribution in [0.2, 0.25) is 0 Å². The SMILES string of the molecule is CN(CCCC(=O)O)C(=O)NCC1CCCN1C. The van der Waals surface area contributed by atoms with Crippen LogP contribution in [0.1, 0.15) is 25.7 Å². The van der Waals surface area contributed by atoms with Gasteiger partial charge >= 0.3 is 12.0 Å². The lowest BCUT2D eigenvalue weighted by Gasteiger charge is -2.22. The average molecular weight is 257 g/mol. The number of amides is 2. The van der Waals surface area contributed by atoms with E-state index in [-0.39, 0.29) is 12.5 Å². The number of hydrogen-bond acceptors (Lipinski definition) is 3. The topological polar surface area (TPSA) is 72.9 Å². The molecular weight excluding hydrogens is 234 g/mol. The zero-order valence-electron chi connectivity index (χ0n) is 11.2. The van der Waals surface area contributed by atoms with Gasteiger partial charge in [-0.2, -0.15) is 0 Å². The molecule has 2 amide bonds. The van der Waals surface area contributed by atoms with Crippen LogP contribution in [-0.2, 0) is 4.79 Å². The zero-order valence-corrected chi connectivity index (χ0v) is 11.2. The summed E-state index contributed by atoms with van der Waals surface area (Å²) in [5, 5.41) is 11.4. The molecule has 1 fully saturated rings. The fourth-order valence-corrected chi connectivity index (χ4v) is 2.15. The summed E-state index contributed by atoms with van der Waals surface area (Å²) in [6.07, 6.45) is 2.90. The van der Waals surface area contributed by atoms with E-state index < -0.39 is 5.97 Å². The second kappa shape index (κ2) is 7.20.